The van der Waals surface area contributed by atoms with Gasteiger partial charge in [-0.15, -0.1) is 0 Å². The Bertz CT molecular complexity index is 682. The Balaban J connectivity index is 1.96. The van der Waals surface area contributed by atoms with Crippen LogP contribution >= 0.6 is 0 Å². The summed E-state index contributed by atoms with van der Waals surface area (Å²) < 4.78 is 5.24. The molecular weight excluding hydrogens is 282 g/mol. The summed E-state index contributed by atoms with van der Waals surface area (Å²) in [7, 11) is 1.59. The van der Waals surface area contributed by atoms with Crippen molar-refractivity contribution in [2.24, 2.45) is 0 Å². The molecule has 0 spiro atoms. The number of hydrogen-bond acceptors (Lipinski definition) is 3. The largest absolute Gasteiger partial charge is 0.496 e. The van der Waals surface area contributed by atoms with Gasteiger partial charge >= 0.3 is 5.97 Å². The van der Waals surface area contributed by atoms with Gasteiger partial charge in [0.05, 0.1) is 12.7 Å². The average molecular weight is 299 g/mol. The smallest absolute Gasteiger partial charge is 0.335 e. The molecule has 2 aromatic rings. The number of rotatable bonds is 6. The van der Waals surface area contributed by atoms with Gasteiger partial charge in [-0.2, -0.15) is 0 Å². The van der Waals surface area contributed by atoms with Crippen molar-refractivity contribution >= 4 is 17.6 Å². The number of carbonyl (C=O) groups excluding carboxylic acids is 1. The molecular formula is C17H17NO4. The van der Waals surface area contributed by atoms with E-state index in [2.05, 4.69) is 5.32 Å². The van der Waals surface area contributed by atoms with Crippen LogP contribution in [0.1, 0.15) is 22.3 Å². The van der Waals surface area contributed by atoms with Crippen LogP contribution in [0.15, 0.2) is 48.5 Å². The zero-order chi connectivity index (χ0) is 15.9. The highest BCUT2D eigenvalue weighted by atomic mass is 16.5. The van der Waals surface area contributed by atoms with Crippen LogP contribution < -0.4 is 10.1 Å². The van der Waals surface area contributed by atoms with E-state index in [0.29, 0.717) is 12.1 Å². The van der Waals surface area contributed by atoms with Gasteiger partial charge in [-0.25, -0.2) is 4.79 Å². The summed E-state index contributed by atoms with van der Waals surface area (Å²) in [6.07, 6.45) is 0.839. The highest BCUT2D eigenvalue weighted by Gasteiger charge is 2.08. The van der Waals surface area contributed by atoms with Crippen LogP contribution in [0.3, 0.4) is 0 Å². The molecule has 5 nitrogen and oxygen atoms in total. The number of carboxylic acids is 1. The minimum Gasteiger partial charge on any atom is -0.496 e. The van der Waals surface area contributed by atoms with Crippen LogP contribution in [0, 0.1) is 0 Å². The van der Waals surface area contributed by atoms with E-state index in [4.69, 9.17) is 9.84 Å². The molecule has 114 valence electrons. The third-order valence-electron chi connectivity index (χ3n) is 3.21. The van der Waals surface area contributed by atoms with E-state index >= 15 is 0 Å². The van der Waals surface area contributed by atoms with Crippen molar-refractivity contribution in [3.05, 3.63) is 59.7 Å². The first-order valence-electron chi connectivity index (χ1n) is 6.85. The van der Waals surface area contributed by atoms with Crippen molar-refractivity contribution in [2.75, 3.05) is 12.4 Å². The van der Waals surface area contributed by atoms with Crippen LogP contribution in [-0.4, -0.2) is 24.1 Å². The zero-order valence-corrected chi connectivity index (χ0v) is 12.2. The summed E-state index contributed by atoms with van der Waals surface area (Å²) in [6, 6.07) is 13.7. The zero-order valence-electron chi connectivity index (χ0n) is 12.2. The number of aromatic carboxylic acids is 1. The SMILES string of the molecule is COc1ccccc1CCC(=O)Nc1cccc(C(=O)O)c1. The maximum Gasteiger partial charge on any atom is 0.335 e. The molecule has 0 bridgehead atoms. The first-order chi connectivity index (χ1) is 10.6. The summed E-state index contributed by atoms with van der Waals surface area (Å²) in [5, 5.41) is 11.6. The van der Waals surface area contributed by atoms with Crippen LogP contribution in [0.5, 0.6) is 5.75 Å². The lowest BCUT2D eigenvalue weighted by molar-refractivity contribution is -0.116. The number of nitrogens with one attached hydrogen (secondary N) is 1. The van der Waals surface area contributed by atoms with Gasteiger partial charge in [0.15, 0.2) is 0 Å². The summed E-state index contributed by atoms with van der Waals surface area (Å²) in [4.78, 5) is 22.9. The number of carboxylic acid groups (broad SMARTS) is 1. The monoisotopic (exact) mass is 299 g/mol. The van der Waals surface area contributed by atoms with Crippen LogP contribution in [0.2, 0.25) is 0 Å². The van der Waals surface area contributed by atoms with Gasteiger partial charge in [-0.3, -0.25) is 4.79 Å². The molecule has 2 rings (SSSR count). The van der Waals surface area contributed by atoms with E-state index in [0.717, 1.165) is 11.3 Å². The van der Waals surface area contributed by atoms with Crippen molar-refractivity contribution in [3.63, 3.8) is 0 Å². The van der Waals surface area contributed by atoms with E-state index in [1.165, 1.54) is 12.1 Å². The van der Waals surface area contributed by atoms with E-state index in [-0.39, 0.29) is 17.9 Å². The number of anilines is 1. The number of carbonyl (C=O) groups is 2. The lowest BCUT2D eigenvalue weighted by atomic mass is 10.1. The molecule has 0 heterocycles. The van der Waals surface area contributed by atoms with Crippen molar-refractivity contribution in [1.29, 1.82) is 0 Å². The van der Waals surface area contributed by atoms with E-state index in [1.807, 2.05) is 24.3 Å². The topological polar surface area (TPSA) is 75.6 Å². The Hall–Kier alpha value is -2.82. The van der Waals surface area contributed by atoms with Crippen molar-refractivity contribution < 1.29 is 19.4 Å². The summed E-state index contributed by atoms with van der Waals surface area (Å²) >= 11 is 0. The number of amides is 1. The van der Waals surface area contributed by atoms with Gasteiger partial charge in [0.1, 0.15) is 5.75 Å². The van der Waals surface area contributed by atoms with Gasteiger partial charge in [-0.1, -0.05) is 24.3 Å². The molecule has 0 fully saturated rings. The van der Waals surface area contributed by atoms with Gasteiger partial charge in [-0.05, 0) is 36.2 Å². The quantitative estimate of drug-likeness (QED) is 0.860. The van der Waals surface area contributed by atoms with Gasteiger partial charge in [0, 0.05) is 12.1 Å². The minimum absolute atomic E-state index is 0.141. The fourth-order valence-corrected chi connectivity index (χ4v) is 2.11. The number of aryl methyl sites for hydroxylation is 1. The average Bonchev–Trinajstić information content (AvgIpc) is 2.53. The van der Waals surface area contributed by atoms with Crippen molar-refractivity contribution in [1.82, 2.24) is 0 Å². The molecule has 0 saturated carbocycles. The lowest BCUT2D eigenvalue weighted by Gasteiger charge is -2.09. The predicted molar refractivity (Wildman–Crippen MR) is 83.3 cm³/mol. The Morgan fingerprint density at radius 3 is 2.64 bits per heavy atom. The second kappa shape index (κ2) is 7.26. The van der Waals surface area contributed by atoms with Gasteiger partial charge in [0.25, 0.3) is 0 Å². The van der Waals surface area contributed by atoms with Gasteiger partial charge in [0.2, 0.25) is 5.91 Å². The third-order valence-corrected chi connectivity index (χ3v) is 3.21. The van der Waals surface area contributed by atoms with E-state index in [9.17, 15) is 9.59 Å². The number of benzene rings is 2. The molecule has 1 amide bonds. The maximum atomic E-state index is 12.0. The van der Waals surface area contributed by atoms with Crippen molar-refractivity contribution in [3.8, 4) is 5.75 Å². The second-order valence-electron chi connectivity index (χ2n) is 4.75. The Labute approximate surface area is 128 Å². The molecule has 0 unspecified atom stereocenters. The highest BCUT2D eigenvalue weighted by molar-refractivity contribution is 5.93. The predicted octanol–water partition coefficient (Wildman–Crippen LogP) is 2.96. The molecule has 22 heavy (non-hydrogen) atoms. The normalized spacial score (nSPS) is 10.0. The minimum atomic E-state index is -1.02. The van der Waals surface area contributed by atoms with Crippen molar-refractivity contribution in [2.45, 2.75) is 12.8 Å². The van der Waals surface area contributed by atoms with Crippen LogP contribution in [0.4, 0.5) is 5.69 Å². The van der Waals surface area contributed by atoms with E-state index in [1.54, 1.807) is 19.2 Å². The summed E-state index contributed by atoms with van der Waals surface area (Å²) in [5.74, 6) is -0.443. The summed E-state index contributed by atoms with van der Waals surface area (Å²) in [6.45, 7) is 0. The Morgan fingerprint density at radius 1 is 1.14 bits per heavy atom. The summed E-state index contributed by atoms with van der Waals surface area (Å²) in [5.41, 5.74) is 1.58. The number of ether oxygens (including phenoxy) is 1. The molecule has 0 aliphatic rings. The number of para-hydroxylation sites is 1. The first-order valence-corrected chi connectivity index (χ1v) is 6.85. The lowest BCUT2D eigenvalue weighted by Crippen LogP contribution is -2.13. The number of methoxy groups -OCH3 is 1. The molecule has 2 N–H and O–H groups in total. The first kappa shape index (κ1) is 15.6. The van der Waals surface area contributed by atoms with Crippen LogP contribution in [-0.2, 0) is 11.2 Å². The molecule has 0 saturated heterocycles. The maximum absolute atomic E-state index is 12.0. The standard InChI is InChI=1S/C17H17NO4/c1-22-15-8-3-2-5-12(15)9-10-16(19)18-14-7-4-6-13(11-14)17(20)21/h2-8,11H,9-10H2,1H3,(H,18,19)(H,20,21). The van der Waals surface area contributed by atoms with E-state index < -0.39 is 5.97 Å². The fourth-order valence-electron chi connectivity index (χ4n) is 2.11. The molecule has 0 aromatic heterocycles. The molecule has 0 aliphatic carbocycles. The van der Waals surface area contributed by atoms with Gasteiger partial charge < -0.3 is 15.2 Å². The molecule has 2 aromatic carbocycles. The fraction of sp³-hybridized carbons (Fsp3) is 0.176. The molecule has 0 atom stereocenters. The molecule has 0 aliphatic heterocycles. The Morgan fingerprint density at radius 2 is 1.91 bits per heavy atom. The Kier molecular flexibility index (Phi) is 5.14. The number of hydrogen-bond donors (Lipinski definition) is 2. The second-order valence-corrected chi connectivity index (χ2v) is 4.75. The molecule has 5 heteroatoms. The molecule has 0 radical (unpaired) electrons. The van der Waals surface area contributed by atoms with Crippen LogP contribution in [0.25, 0.3) is 0 Å². The third kappa shape index (κ3) is 4.09. The highest BCUT2D eigenvalue weighted by Crippen LogP contribution is 2.19.